The number of nitrogens with zero attached hydrogens (tertiary/aromatic N) is 1. The first-order chi connectivity index (χ1) is 6.06. The highest BCUT2D eigenvalue weighted by molar-refractivity contribution is 4.65. The van der Waals surface area contributed by atoms with Gasteiger partial charge in [-0.25, -0.2) is 0 Å². The molecule has 0 unspecified atom stereocenters. The predicted molar refractivity (Wildman–Crippen MR) is 56.8 cm³/mol. The SMILES string of the molecule is COCCN(CC(C)C)C[C@@H](C)N. The summed E-state index contributed by atoms with van der Waals surface area (Å²) in [6, 6.07) is 0.246. The normalized spacial score (nSPS) is 14.1. The molecule has 0 saturated carbocycles. The standard InChI is InChI=1S/C10H24N2O/c1-9(2)7-12(5-6-13-4)8-10(3)11/h9-10H,5-8,11H2,1-4H3/t10-/m1/s1. The Kier molecular flexibility index (Phi) is 7.23. The summed E-state index contributed by atoms with van der Waals surface area (Å²) in [4.78, 5) is 2.36. The van der Waals surface area contributed by atoms with Crippen LogP contribution in [0, 0.1) is 5.92 Å². The van der Waals surface area contributed by atoms with E-state index < -0.39 is 0 Å². The molecule has 0 fully saturated rings. The Labute approximate surface area is 82.2 Å². The van der Waals surface area contributed by atoms with E-state index in [2.05, 4.69) is 18.7 Å². The van der Waals surface area contributed by atoms with Gasteiger partial charge in [0.1, 0.15) is 0 Å². The molecule has 2 N–H and O–H groups in total. The van der Waals surface area contributed by atoms with Crippen LogP contribution in [0.5, 0.6) is 0 Å². The number of rotatable bonds is 7. The van der Waals surface area contributed by atoms with Crippen LogP contribution in [-0.4, -0.2) is 44.3 Å². The van der Waals surface area contributed by atoms with Gasteiger partial charge >= 0.3 is 0 Å². The van der Waals surface area contributed by atoms with Gasteiger partial charge in [-0.1, -0.05) is 13.8 Å². The quantitative estimate of drug-likeness (QED) is 0.646. The van der Waals surface area contributed by atoms with Crippen molar-refractivity contribution in [3.8, 4) is 0 Å². The molecule has 3 nitrogen and oxygen atoms in total. The van der Waals surface area contributed by atoms with Gasteiger partial charge in [0.25, 0.3) is 0 Å². The van der Waals surface area contributed by atoms with E-state index in [1.807, 2.05) is 6.92 Å². The van der Waals surface area contributed by atoms with Gasteiger partial charge in [0.05, 0.1) is 6.61 Å². The van der Waals surface area contributed by atoms with Crippen molar-refractivity contribution < 1.29 is 4.74 Å². The van der Waals surface area contributed by atoms with Crippen molar-refractivity contribution in [2.45, 2.75) is 26.8 Å². The van der Waals surface area contributed by atoms with Gasteiger partial charge in [-0.15, -0.1) is 0 Å². The lowest BCUT2D eigenvalue weighted by atomic mass is 10.2. The smallest absolute Gasteiger partial charge is 0.0589 e. The Morgan fingerprint density at radius 1 is 1.23 bits per heavy atom. The maximum atomic E-state index is 5.76. The molecule has 0 saturated heterocycles. The second-order valence-corrected chi connectivity index (χ2v) is 4.12. The van der Waals surface area contributed by atoms with E-state index in [-0.39, 0.29) is 6.04 Å². The average molecular weight is 188 g/mol. The van der Waals surface area contributed by atoms with E-state index in [9.17, 15) is 0 Å². The molecule has 0 aliphatic carbocycles. The summed E-state index contributed by atoms with van der Waals surface area (Å²) in [5.41, 5.74) is 5.76. The molecule has 0 spiro atoms. The molecule has 3 heteroatoms. The van der Waals surface area contributed by atoms with E-state index in [1.165, 1.54) is 0 Å². The summed E-state index contributed by atoms with van der Waals surface area (Å²) >= 11 is 0. The topological polar surface area (TPSA) is 38.5 Å². The van der Waals surface area contributed by atoms with Gasteiger partial charge in [-0.3, -0.25) is 4.90 Å². The minimum atomic E-state index is 0.246. The van der Waals surface area contributed by atoms with Crippen molar-refractivity contribution >= 4 is 0 Å². The fourth-order valence-electron chi connectivity index (χ4n) is 1.40. The molecule has 0 aromatic rings. The Morgan fingerprint density at radius 3 is 2.23 bits per heavy atom. The van der Waals surface area contributed by atoms with Crippen molar-refractivity contribution in [2.24, 2.45) is 11.7 Å². The molecule has 0 bridgehead atoms. The van der Waals surface area contributed by atoms with Crippen molar-refractivity contribution in [2.75, 3.05) is 33.4 Å². The lowest BCUT2D eigenvalue weighted by Gasteiger charge is -2.25. The third kappa shape index (κ3) is 8.22. The van der Waals surface area contributed by atoms with E-state index in [0.717, 1.165) is 26.2 Å². The zero-order valence-corrected chi connectivity index (χ0v) is 9.42. The number of hydrogen-bond acceptors (Lipinski definition) is 3. The van der Waals surface area contributed by atoms with E-state index >= 15 is 0 Å². The molecule has 0 aromatic carbocycles. The number of nitrogens with two attached hydrogens (primary N) is 1. The Hall–Kier alpha value is -0.120. The van der Waals surface area contributed by atoms with Crippen molar-refractivity contribution in [1.82, 2.24) is 4.90 Å². The van der Waals surface area contributed by atoms with Gasteiger partial charge in [-0.2, -0.15) is 0 Å². The first kappa shape index (κ1) is 12.9. The maximum Gasteiger partial charge on any atom is 0.0589 e. The van der Waals surface area contributed by atoms with Gasteiger partial charge < -0.3 is 10.5 Å². The van der Waals surface area contributed by atoms with Gasteiger partial charge in [-0.05, 0) is 12.8 Å². The second-order valence-electron chi connectivity index (χ2n) is 4.12. The van der Waals surface area contributed by atoms with Crippen LogP contribution in [0.25, 0.3) is 0 Å². The number of methoxy groups -OCH3 is 1. The largest absolute Gasteiger partial charge is 0.383 e. The molecule has 0 amide bonds. The first-order valence-electron chi connectivity index (χ1n) is 5.03. The molecular formula is C10H24N2O. The van der Waals surface area contributed by atoms with Crippen LogP contribution in [0.1, 0.15) is 20.8 Å². The molecule has 0 radical (unpaired) electrons. The molecular weight excluding hydrogens is 164 g/mol. The van der Waals surface area contributed by atoms with Gasteiger partial charge in [0.15, 0.2) is 0 Å². The molecule has 0 aromatic heterocycles. The molecule has 80 valence electrons. The minimum absolute atomic E-state index is 0.246. The molecule has 0 rings (SSSR count). The highest BCUT2D eigenvalue weighted by Gasteiger charge is 2.08. The summed E-state index contributed by atoms with van der Waals surface area (Å²) in [7, 11) is 1.74. The van der Waals surface area contributed by atoms with Gasteiger partial charge in [0, 0.05) is 32.8 Å². The lowest BCUT2D eigenvalue weighted by molar-refractivity contribution is 0.137. The van der Waals surface area contributed by atoms with Crippen molar-refractivity contribution in [3.63, 3.8) is 0 Å². The zero-order chi connectivity index (χ0) is 10.3. The first-order valence-corrected chi connectivity index (χ1v) is 5.03. The summed E-state index contributed by atoms with van der Waals surface area (Å²) in [5, 5.41) is 0. The Balaban J connectivity index is 3.73. The fraction of sp³-hybridized carbons (Fsp3) is 1.00. The predicted octanol–water partition coefficient (Wildman–Crippen LogP) is 0.938. The van der Waals surface area contributed by atoms with Crippen molar-refractivity contribution in [1.29, 1.82) is 0 Å². The number of hydrogen-bond donors (Lipinski definition) is 1. The van der Waals surface area contributed by atoms with Crippen LogP contribution in [-0.2, 0) is 4.74 Å². The summed E-state index contributed by atoms with van der Waals surface area (Å²) in [6.07, 6.45) is 0. The molecule has 1 atom stereocenters. The molecule has 0 aliphatic heterocycles. The summed E-state index contributed by atoms with van der Waals surface area (Å²) in [6.45, 7) is 10.3. The Morgan fingerprint density at radius 2 is 1.85 bits per heavy atom. The van der Waals surface area contributed by atoms with E-state index in [4.69, 9.17) is 10.5 Å². The average Bonchev–Trinajstić information content (AvgIpc) is 1.98. The van der Waals surface area contributed by atoms with E-state index in [1.54, 1.807) is 7.11 Å². The zero-order valence-electron chi connectivity index (χ0n) is 9.42. The van der Waals surface area contributed by atoms with Crippen molar-refractivity contribution in [3.05, 3.63) is 0 Å². The van der Waals surface area contributed by atoms with Crippen LogP contribution < -0.4 is 5.73 Å². The van der Waals surface area contributed by atoms with Crippen LogP contribution in [0.4, 0.5) is 0 Å². The van der Waals surface area contributed by atoms with Crippen LogP contribution in [0.15, 0.2) is 0 Å². The molecule has 13 heavy (non-hydrogen) atoms. The van der Waals surface area contributed by atoms with E-state index in [0.29, 0.717) is 5.92 Å². The summed E-state index contributed by atoms with van der Waals surface area (Å²) in [5.74, 6) is 0.690. The second kappa shape index (κ2) is 7.30. The highest BCUT2D eigenvalue weighted by atomic mass is 16.5. The maximum absolute atomic E-state index is 5.76. The number of ether oxygens (including phenoxy) is 1. The summed E-state index contributed by atoms with van der Waals surface area (Å²) < 4.78 is 5.05. The molecule has 0 heterocycles. The highest BCUT2D eigenvalue weighted by Crippen LogP contribution is 1.99. The Bertz CT molecular complexity index is 105. The fourth-order valence-corrected chi connectivity index (χ4v) is 1.40. The van der Waals surface area contributed by atoms with Crippen LogP contribution >= 0.6 is 0 Å². The van der Waals surface area contributed by atoms with Crippen LogP contribution in [0.2, 0.25) is 0 Å². The lowest BCUT2D eigenvalue weighted by Crippen LogP contribution is -2.39. The van der Waals surface area contributed by atoms with Gasteiger partial charge in [0.2, 0.25) is 0 Å². The minimum Gasteiger partial charge on any atom is -0.383 e. The van der Waals surface area contributed by atoms with Crippen LogP contribution in [0.3, 0.4) is 0 Å². The third-order valence-corrected chi connectivity index (χ3v) is 1.78. The third-order valence-electron chi connectivity index (χ3n) is 1.78. The molecule has 0 aliphatic rings. The monoisotopic (exact) mass is 188 g/mol.